The van der Waals surface area contributed by atoms with E-state index in [-0.39, 0.29) is 40.1 Å². The Kier molecular flexibility index (Phi) is 7.27. The number of amides is 3. The van der Waals surface area contributed by atoms with Crippen LogP contribution in [0.25, 0.3) is 0 Å². The number of nitrogens with zero attached hydrogens (tertiary/aromatic N) is 3. The molecule has 0 spiro atoms. The lowest BCUT2D eigenvalue weighted by atomic mass is 9.97. The Morgan fingerprint density at radius 2 is 1.76 bits per heavy atom. The van der Waals surface area contributed by atoms with Gasteiger partial charge in [0, 0.05) is 25.3 Å². The molecule has 3 aromatic rings. The molecule has 4 rings (SSSR count). The van der Waals surface area contributed by atoms with Crippen molar-refractivity contribution in [2.75, 3.05) is 18.4 Å². The highest BCUT2D eigenvalue weighted by molar-refractivity contribution is 7.15. The van der Waals surface area contributed by atoms with Gasteiger partial charge in [0.15, 0.2) is 0 Å². The van der Waals surface area contributed by atoms with E-state index in [4.69, 9.17) is 0 Å². The molecule has 2 aromatic carbocycles. The Balaban J connectivity index is 1.33. The van der Waals surface area contributed by atoms with Crippen molar-refractivity contribution in [3.63, 3.8) is 0 Å². The summed E-state index contributed by atoms with van der Waals surface area (Å²) in [4.78, 5) is 39.6. The second-order valence-corrected chi connectivity index (χ2v) is 9.14. The molecule has 2 N–H and O–H groups in total. The molecule has 10 heteroatoms. The van der Waals surface area contributed by atoms with E-state index in [0.29, 0.717) is 31.6 Å². The number of anilines is 1. The largest absolute Gasteiger partial charge is 0.352 e. The van der Waals surface area contributed by atoms with E-state index in [1.54, 1.807) is 29.2 Å². The number of hydrogen-bond donors (Lipinski definition) is 2. The molecule has 1 aliphatic rings. The number of carbonyl (C=O) groups is 3. The Labute approximate surface area is 200 Å². The molecule has 1 aromatic heterocycles. The molecule has 0 bridgehead atoms. The van der Waals surface area contributed by atoms with Crippen molar-refractivity contribution in [1.29, 1.82) is 0 Å². The van der Waals surface area contributed by atoms with Gasteiger partial charge in [-0.05, 0) is 49.6 Å². The highest BCUT2D eigenvalue weighted by atomic mass is 32.1. The molecule has 0 radical (unpaired) electrons. The van der Waals surface area contributed by atoms with Crippen molar-refractivity contribution >= 4 is 34.7 Å². The molecule has 8 nitrogen and oxygen atoms in total. The minimum absolute atomic E-state index is 0.0922. The number of nitrogens with one attached hydrogen (secondary N) is 2. The molecule has 1 saturated heterocycles. The zero-order valence-electron chi connectivity index (χ0n) is 18.6. The molecule has 1 aliphatic heterocycles. The average Bonchev–Trinajstić information content (AvgIpc) is 3.35. The molecule has 1 fully saturated rings. The van der Waals surface area contributed by atoms with Crippen LogP contribution in [0.5, 0.6) is 0 Å². The van der Waals surface area contributed by atoms with Crippen molar-refractivity contribution in [1.82, 2.24) is 20.4 Å². The number of aromatic nitrogens is 2. The fraction of sp³-hybridized carbons (Fsp3) is 0.292. The number of hydrogen-bond acceptors (Lipinski definition) is 6. The summed E-state index contributed by atoms with van der Waals surface area (Å²) in [6, 6.07) is 13.3. The van der Waals surface area contributed by atoms with E-state index < -0.39 is 5.91 Å². The van der Waals surface area contributed by atoms with E-state index in [0.717, 1.165) is 22.5 Å². The molecule has 2 heterocycles. The molecule has 176 valence electrons. The van der Waals surface area contributed by atoms with Crippen molar-refractivity contribution in [2.24, 2.45) is 5.92 Å². The van der Waals surface area contributed by atoms with Crippen LogP contribution in [-0.2, 0) is 11.3 Å². The summed E-state index contributed by atoms with van der Waals surface area (Å²) >= 11 is 0.927. The molecule has 0 aliphatic carbocycles. The van der Waals surface area contributed by atoms with Gasteiger partial charge in [-0.2, -0.15) is 0 Å². The Bertz CT molecular complexity index is 1180. The Morgan fingerprint density at radius 1 is 1.06 bits per heavy atom. The maximum Gasteiger partial charge on any atom is 0.286 e. The Morgan fingerprint density at radius 3 is 2.50 bits per heavy atom. The van der Waals surface area contributed by atoms with Gasteiger partial charge in [-0.3, -0.25) is 14.4 Å². The fourth-order valence-electron chi connectivity index (χ4n) is 3.67. The minimum atomic E-state index is -0.433. The first kappa shape index (κ1) is 23.5. The quantitative estimate of drug-likeness (QED) is 0.562. The normalized spacial score (nSPS) is 15.6. The third-order valence-corrected chi connectivity index (χ3v) is 6.48. The zero-order valence-corrected chi connectivity index (χ0v) is 19.4. The summed E-state index contributed by atoms with van der Waals surface area (Å²) in [5, 5.41) is 13.6. The lowest BCUT2D eigenvalue weighted by molar-refractivity contribution is -0.126. The summed E-state index contributed by atoms with van der Waals surface area (Å²) in [6.07, 6.45) is 1.35. The second-order valence-electron chi connectivity index (χ2n) is 8.17. The first-order valence-corrected chi connectivity index (χ1v) is 11.7. The van der Waals surface area contributed by atoms with Crippen LogP contribution in [-0.4, -0.2) is 45.9 Å². The van der Waals surface area contributed by atoms with Crippen LogP contribution in [0.4, 0.5) is 10.1 Å². The van der Waals surface area contributed by atoms with E-state index in [1.165, 1.54) is 12.1 Å². The monoisotopic (exact) mass is 481 g/mol. The maximum atomic E-state index is 13.0. The van der Waals surface area contributed by atoms with Gasteiger partial charge < -0.3 is 15.5 Å². The van der Waals surface area contributed by atoms with Gasteiger partial charge in [-0.25, -0.2) is 4.39 Å². The van der Waals surface area contributed by atoms with Crippen LogP contribution >= 0.6 is 11.3 Å². The highest BCUT2D eigenvalue weighted by Gasteiger charge is 2.30. The molecular weight excluding hydrogens is 457 g/mol. The van der Waals surface area contributed by atoms with E-state index in [2.05, 4.69) is 20.8 Å². The number of benzene rings is 2. The molecule has 34 heavy (non-hydrogen) atoms. The standard InChI is InChI=1S/C24H24FN5O3S/c1-15-4-10-19(11-5-15)27-21(32)22-28-29-23(34-22)24(33)30-12-2-3-17(14-30)20(31)26-13-16-6-8-18(25)9-7-16/h4-11,17H,2-3,12-14H2,1H3,(H,26,31)(H,27,32)/t17-/m1/s1. The van der Waals surface area contributed by atoms with Crippen molar-refractivity contribution in [2.45, 2.75) is 26.3 Å². The van der Waals surface area contributed by atoms with E-state index in [1.807, 2.05) is 19.1 Å². The lowest BCUT2D eigenvalue weighted by Crippen LogP contribution is -2.45. The van der Waals surface area contributed by atoms with Gasteiger partial charge in [0.25, 0.3) is 11.8 Å². The first-order chi connectivity index (χ1) is 16.4. The number of likely N-dealkylation sites (tertiary alicyclic amines) is 1. The lowest BCUT2D eigenvalue weighted by Gasteiger charge is -2.31. The van der Waals surface area contributed by atoms with Crippen molar-refractivity contribution in [3.05, 3.63) is 75.5 Å². The first-order valence-electron chi connectivity index (χ1n) is 10.9. The predicted octanol–water partition coefficient (Wildman–Crippen LogP) is 3.41. The van der Waals surface area contributed by atoms with Crippen LogP contribution in [0.1, 0.15) is 43.6 Å². The molecule has 1 atom stereocenters. The van der Waals surface area contributed by atoms with Gasteiger partial charge in [0.1, 0.15) is 5.82 Å². The Hall–Kier alpha value is -3.66. The third kappa shape index (κ3) is 5.82. The fourth-order valence-corrected chi connectivity index (χ4v) is 4.38. The summed E-state index contributed by atoms with van der Waals surface area (Å²) in [6.45, 7) is 3.01. The number of aryl methyl sites for hydroxylation is 1. The van der Waals surface area contributed by atoms with E-state index >= 15 is 0 Å². The third-order valence-electron chi connectivity index (χ3n) is 5.57. The van der Waals surface area contributed by atoms with Gasteiger partial charge in [0.2, 0.25) is 15.9 Å². The summed E-state index contributed by atoms with van der Waals surface area (Å²) in [5.41, 5.74) is 2.50. The summed E-state index contributed by atoms with van der Waals surface area (Å²) < 4.78 is 13.0. The SMILES string of the molecule is Cc1ccc(NC(=O)c2nnc(C(=O)N3CCC[C@@H](C(=O)NCc4ccc(F)cc4)C3)s2)cc1. The van der Waals surface area contributed by atoms with Gasteiger partial charge in [0.05, 0.1) is 5.92 Å². The molecule has 3 amide bonds. The topological polar surface area (TPSA) is 104 Å². The predicted molar refractivity (Wildman–Crippen MR) is 126 cm³/mol. The minimum Gasteiger partial charge on any atom is -0.352 e. The van der Waals surface area contributed by atoms with Crippen LogP contribution in [0.15, 0.2) is 48.5 Å². The second kappa shape index (κ2) is 10.5. The van der Waals surface area contributed by atoms with Crippen LogP contribution < -0.4 is 10.6 Å². The van der Waals surface area contributed by atoms with Crippen molar-refractivity contribution in [3.8, 4) is 0 Å². The van der Waals surface area contributed by atoms with Crippen molar-refractivity contribution < 1.29 is 18.8 Å². The summed E-state index contributed by atoms with van der Waals surface area (Å²) in [7, 11) is 0. The van der Waals surface area contributed by atoms with Crippen LogP contribution in [0, 0.1) is 18.7 Å². The van der Waals surface area contributed by atoms with Gasteiger partial charge in [-0.1, -0.05) is 41.2 Å². The number of halogens is 1. The summed E-state index contributed by atoms with van der Waals surface area (Å²) in [5.74, 6) is -1.61. The van der Waals surface area contributed by atoms with E-state index in [9.17, 15) is 18.8 Å². The molecular formula is C24H24FN5O3S. The number of carbonyl (C=O) groups excluding carboxylic acids is 3. The van der Waals surface area contributed by atoms with Crippen LogP contribution in [0.2, 0.25) is 0 Å². The highest BCUT2D eigenvalue weighted by Crippen LogP contribution is 2.21. The molecule has 0 unspecified atom stereocenters. The molecule has 0 saturated carbocycles. The number of rotatable bonds is 6. The number of piperidine rings is 1. The smallest absolute Gasteiger partial charge is 0.286 e. The average molecular weight is 482 g/mol. The zero-order chi connectivity index (χ0) is 24.1. The maximum absolute atomic E-state index is 13.0. The van der Waals surface area contributed by atoms with Gasteiger partial charge >= 0.3 is 0 Å². The van der Waals surface area contributed by atoms with Crippen LogP contribution in [0.3, 0.4) is 0 Å². The van der Waals surface area contributed by atoms with Gasteiger partial charge in [-0.15, -0.1) is 10.2 Å².